The normalized spacial score (nSPS) is 13.2. The summed E-state index contributed by atoms with van der Waals surface area (Å²) in [5.41, 5.74) is 14.8. The molecule has 8 nitrogen and oxygen atoms in total. The van der Waals surface area contributed by atoms with E-state index in [4.69, 9.17) is 18.9 Å². The van der Waals surface area contributed by atoms with Gasteiger partial charge in [0.15, 0.2) is 0 Å². The number of rotatable bonds is 12. The summed E-state index contributed by atoms with van der Waals surface area (Å²) >= 11 is 0. The van der Waals surface area contributed by atoms with Gasteiger partial charge in [-0.3, -0.25) is 19.2 Å². The van der Waals surface area contributed by atoms with Crippen LogP contribution in [0.4, 0.5) is 0 Å². The highest BCUT2D eigenvalue weighted by Gasteiger charge is 2.30. The molecule has 4 aromatic rings. The predicted octanol–water partition coefficient (Wildman–Crippen LogP) is 12.0. The van der Waals surface area contributed by atoms with Crippen molar-refractivity contribution in [2.75, 3.05) is 26.4 Å². The minimum atomic E-state index is -0.318. The summed E-state index contributed by atoms with van der Waals surface area (Å²) in [5, 5.41) is 0. The van der Waals surface area contributed by atoms with Crippen molar-refractivity contribution in [2.24, 2.45) is 0 Å². The number of hydrogen-bond acceptors (Lipinski definition) is 8. The van der Waals surface area contributed by atoms with E-state index in [0.29, 0.717) is 25.7 Å². The SMILES string of the molecule is CCOC(=O)Cc1c2cc(C(C)(C)C)cc1Cc1cc(C(C)(C)C)cc(c1CC(=O)OCC)Cc1cc(C(C)(C)C)cc(c1CC(=O)OCC)Cc1cc(C(C)(C)C)cc(c1CC(=O)OCC)C2. The van der Waals surface area contributed by atoms with Crippen molar-refractivity contribution in [1.29, 1.82) is 0 Å². The molecular formula is C60H80O8. The lowest BCUT2D eigenvalue weighted by atomic mass is 9.75. The van der Waals surface area contributed by atoms with Crippen LogP contribution in [-0.4, -0.2) is 50.3 Å². The fourth-order valence-corrected chi connectivity index (χ4v) is 9.34. The van der Waals surface area contributed by atoms with Crippen LogP contribution in [0.1, 0.15) is 200 Å². The summed E-state index contributed by atoms with van der Waals surface area (Å²) in [6.45, 7) is 34.8. The molecule has 0 heterocycles. The Bertz CT molecular complexity index is 2070. The fourth-order valence-electron chi connectivity index (χ4n) is 9.34. The van der Waals surface area contributed by atoms with E-state index in [-0.39, 0.29) is 97.6 Å². The average Bonchev–Trinajstić information content (AvgIpc) is 3.20. The zero-order chi connectivity index (χ0) is 50.5. The molecule has 8 heteroatoms. The van der Waals surface area contributed by atoms with Crippen LogP contribution < -0.4 is 0 Å². The van der Waals surface area contributed by atoms with E-state index in [1.165, 1.54) is 0 Å². The van der Waals surface area contributed by atoms with Crippen LogP contribution in [0.25, 0.3) is 0 Å². The molecular weight excluding hydrogens is 849 g/mol. The molecule has 1 aliphatic carbocycles. The second-order valence-corrected chi connectivity index (χ2v) is 22.7. The third kappa shape index (κ3) is 13.5. The standard InChI is InChI=1S/C60H80O8/c1-17-65-53(61)33-49-37-21-39-27-46(58(8,9)10)29-41(50(39)34-54(62)66-18-2)23-43-31-48(60(14,15)16)32-44(52(43)36-56(64)68-20-4)24-42-30-47(59(11,12)13)28-40(51(42)35-55(63)67-19-3)22-38(49)26-45(25-37)57(5,6)7/h25-32H,17-24,33-36H2,1-16H3. The molecule has 1 aliphatic rings. The Morgan fingerprint density at radius 2 is 0.471 bits per heavy atom. The van der Waals surface area contributed by atoms with Gasteiger partial charge in [0.05, 0.1) is 52.1 Å². The lowest BCUT2D eigenvalue weighted by Crippen LogP contribution is -2.21. The summed E-state index contributed by atoms with van der Waals surface area (Å²) in [6, 6.07) is 17.9. The number of carbonyl (C=O) groups is 4. The summed E-state index contributed by atoms with van der Waals surface area (Å²) in [6.07, 6.45) is 1.95. The molecule has 0 spiro atoms. The van der Waals surface area contributed by atoms with Crippen LogP contribution in [0.5, 0.6) is 0 Å². The largest absolute Gasteiger partial charge is 0.466 e. The minimum Gasteiger partial charge on any atom is -0.466 e. The van der Waals surface area contributed by atoms with Crippen molar-refractivity contribution in [3.8, 4) is 0 Å². The van der Waals surface area contributed by atoms with Gasteiger partial charge in [-0.2, -0.15) is 0 Å². The topological polar surface area (TPSA) is 105 Å². The maximum atomic E-state index is 13.9. The van der Waals surface area contributed by atoms with E-state index < -0.39 is 0 Å². The van der Waals surface area contributed by atoms with Crippen molar-refractivity contribution in [1.82, 2.24) is 0 Å². The Kier molecular flexibility index (Phi) is 17.1. The summed E-state index contributed by atoms with van der Waals surface area (Å²) in [7, 11) is 0. The van der Waals surface area contributed by atoms with Crippen molar-refractivity contribution in [3.05, 3.63) is 138 Å². The Morgan fingerprint density at radius 1 is 0.324 bits per heavy atom. The number of hydrogen-bond donors (Lipinski definition) is 0. The van der Waals surface area contributed by atoms with Crippen LogP contribution in [0, 0.1) is 0 Å². The predicted molar refractivity (Wildman–Crippen MR) is 273 cm³/mol. The molecule has 5 rings (SSSR count). The molecule has 0 aromatic heterocycles. The molecule has 4 aromatic carbocycles. The quantitative estimate of drug-likeness (QED) is 0.0900. The zero-order valence-corrected chi connectivity index (χ0v) is 44.4. The highest BCUT2D eigenvalue weighted by Crippen LogP contribution is 2.39. The van der Waals surface area contributed by atoms with Gasteiger partial charge in [0.2, 0.25) is 0 Å². The van der Waals surface area contributed by atoms with E-state index in [9.17, 15) is 19.2 Å². The third-order valence-electron chi connectivity index (χ3n) is 13.2. The molecule has 0 saturated carbocycles. The summed E-state index contributed by atoms with van der Waals surface area (Å²) in [4.78, 5) is 55.4. The Balaban J connectivity index is 2.09. The molecule has 0 unspecified atom stereocenters. The zero-order valence-electron chi connectivity index (χ0n) is 44.4. The summed E-state index contributed by atoms with van der Waals surface area (Å²) in [5.74, 6) is -1.27. The van der Waals surface area contributed by atoms with E-state index in [0.717, 1.165) is 89.0 Å². The van der Waals surface area contributed by atoms with Gasteiger partial charge >= 0.3 is 23.9 Å². The van der Waals surface area contributed by atoms with Gasteiger partial charge in [-0.25, -0.2) is 0 Å². The van der Waals surface area contributed by atoms with Crippen molar-refractivity contribution in [2.45, 2.75) is 184 Å². The molecule has 0 fully saturated rings. The number of ether oxygens (including phenoxy) is 4. The first kappa shape index (κ1) is 53.7. The smallest absolute Gasteiger partial charge is 0.310 e. The number of benzene rings is 4. The number of carbonyl (C=O) groups excluding carboxylic acids is 4. The van der Waals surface area contributed by atoms with Gasteiger partial charge in [-0.15, -0.1) is 0 Å². The molecule has 68 heavy (non-hydrogen) atoms. The summed E-state index contributed by atoms with van der Waals surface area (Å²) < 4.78 is 22.8. The lowest BCUT2D eigenvalue weighted by molar-refractivity contribution is -0.143. The van der Waals surface area contributed by atoms with Crippen LogP contribution in [0.3, 0.4) is 0 Å². The fraction of sp³-hybridized carbons (Fsp3) is 0.533. The van der Waals surface area contributed by atoms with E-state index in [2.05, 4.69) is 132 Å². The second-order valence-electron chi connectivity index (χ2n) is 22.7. The molecule has 368 valence electrons. The van der Waals surface area contributed by atoms with Gasteiger partial charge in [0, 0.05) is 0 Å². The van der Waals surface area contributed by atoms with Gasteiger partial charge in [-0.05, 0) is 164 Å². The minimum absolute atomic E-state index is 0.0539. The molecule has 8 bridgehead atoms. The van der Waals surface area contributed by atoms with Gasteiger partial charge in [0.1, 0.15) is 0 Å². The van der Waals surface area contributed by atoms with E-state index >= 15 is 0 Å². The third-order valence-corrected chi connectivity index (χ3v) is 13.2. The van der Waals surface area contributed by atoms with E-state index in [1.54, 1.807) is 0 Å². The van der Waals surface area contributed by atoms with E-state index in [1.807, 2.05) is 27.7 Å². The molecule has 0 aliphatic heterocycles. The molecule has 0 radical (unpaired) electrons. The van der Waals surface area contributed by atoms with Gasteiger partial charge in [0.25, 0.3) is 0 Å². The molecule has 0 amide bonds. The molecule has 0 N–H and O–H groups in total. The van der Waals surface area contributed by atoms with Crippen LogP contribution in [-0.2, 0) is 111 Å². The van der Waals surface area contributed by atoms with Gasteiger partial charge < -0.3 is 18.9 Å². The Labute approximate surface area is 408 Å². The first-order chi connectivity index (χ1) is 31.7. The monoisotopic (exact) mass is 929 g/mol. The average molecular weight is 929 g/mol. The van der Waals surface area contributed by atoms with Crippen molar-refractivity contribution < 1.29 is 38.1 Å². The number of fused-ring (bicyclic) bond motifs is 8. The first-order valence-corrected chi connectivity index (χ1v) is 24.9. The molecule has 0 atom stereocenters. The van der Waals surface area contributed by atoms with Crippen molar-refractivity contribution >= 4 is 23.9 Å². The van der Waals surface area contributed by atoms with Crippen LogP contribution >= 0.6 is 0 Å². The maximum absolute atomic E-state index is 13.9. The van der Waals surface area contributed by atoms with Gasteiger partial charge in [-0.1, -0.05) is 132 Å². The highest BCUT2D eigenvalue weighted by atomic mass is 16.5. The maximum Gasteiger partial charge on any atom is 0.310 e. The highest BCUT2D eigenvalue weighted by molar-refractivity contribution is 5.77. The van der Waals surface area contributed by atoms with Crippen LogP contribution in [0.2, 0.25) is 0 Å². The lowest BCUT2D eigenvalue weighted by Gasteiger charge is -2.29. The van der Waals surface area contributed by atoms with Crippen LogP contribution in [0.15, 0.2) is 48.5 Å². The Morgan fingerprint density at radius 3 is 0.588 bits per heavy atom. The van der Waals surface area contributed by atoms with Crippen molar-refractivity contribution in [3.63, 3.8) is 0 Å². The second kappa shape index (κ2) is 21.6. The first-order valence-electron chi connectivity index (χ1n) is 24.9. The number of esters is 4. The molecule has 0 saturated heterocycles. The Hall–Kier alpha value is -5.24.